The average molecular weight is 431 g/mol. The van der Waals surface area contributed by atoms with Crippen molar-refractivity contribution in [2.24, 2.45) is 13.0 Å². The fourth-order valence-corrected chi connectivity index (χ4v) is 4.27. The predicted molar refractivity (Wildman–Crippen MR) is 110 cm³/mol. The quantitative estimate of drug-likeness (QED) is 0.661. The van der Waals surface area contributed by atoms with Crippen LogP contribution in [0.25, 0.3) is 11.4 Å². The number of amides is 1. The lowest BCUT2D eigenvalue weighted by atomic mass is 9.96. The first kappa shape index (κ1) is 20.3. The molecule has 158 valence electrons. The summed E-state index contributed by atoms with van der Waals surface area (Å²) in [6.45, 7) is 5.42. The predicted octanol–water partition coefficient (Wildman–Crippen LogP) is 2.02. The molecule has 1 N–H and O–H groups in total. The van der Waals surface area contributed by atoms with Crippen LogP contribution in [0.4, 0.5) is 10.3 Å². The number of hydrogen-bond donors (Lipinski definition) is 1. The first-order valence-corrected chi connectivity index (χ1v) is 10.6. The molecule has 0 aliphatic carbocycles. The van der Waals surface area contributed by atoms with Gasteiger partial charge in [-0.2, -0.15) is 5.10 Å². The zero-order chi connectivity index (χ0) is 21.3. The van der Waals surface area contributed by atoms with Crippen LogP contribution in [0.15, 0.2) is 12.4 Å². The smallest absolute Gasteiger partial charge is 0.226 e. The van der Waals surface area contributed by atoms with E-state index in [4.69, 9.17) is 0 Å². The number of nitrogens with zero attached hydrogens (tertiary/aromatic N) is 7. The summed E-state index contributed by atoms with van der Waals surface area (Å²) in [6, 6.07) is 0. The maximum atomic E-state index is 14.4. The third-order valence-electron chi connectivity index (χ3n) is 5.21. The molecule has 30 heavy (non-hydrogen) atoms. The SMILES string of the molecule is Cc1nnc(CNC(=O)C2CCN(c3ncc(F)c(-c4c(C)cnn4C)n3)CC2)s1. The van der Waals surface area contributed by atoms with Gasteiger partial charge < -0.3 is 10.2 Å². The Kier molecular flexibility index (Phi) is 5.71. The van der Waals surface area contributed by atoms with Crippen molar-refractivity contribution in [1.29, 1.82) is 0 Å². The summed E-state index contributed by atoms with van der Waals surface area (Å²) in [7, 11) is 1.76. The molecule has 0 atom stereocenters. The van der Waals surface area contributed by atoms with E-state index in [9.17, 15) is 9.18 Å². The number of carbonyl (C=O) groups excluding carboxylic acids is 1. The van der Waals surface area contributed by atoms with Crippen molar-refractivity contribution in [2.45, 2.75) is 33.2 Å². The third kappa shape index (κ3) is 4.16. The van der Waals surface area contributed by atoms with Gasteiger partial charge in [-0.1, -0.05) is 11.3 Å². The number of rotatable bonds is 5. The van der Waals surface area contributed by atoms with Crippen molar-refractivity contribution in [3.05, 3.63) is 33.8 Å². The molecular weight excluding hydrogens is 407 g/mol. The normalized spacial score (nSPS) is 14.9. The summed E-state index contributed by atoms with van der Waals surface area (Å²) in [5, 5.41) is 16.8. The van der Waals surface area contributed by atoms with Crippen molar-refractivity contribution in [1.82, 2.24) is 35.3 Å². The zero-order valence-corrected chi connectivity index (χ0v) is 17.9. The van der Waals surface area contributed by atoms with E-state index < -0.39 is 5.82 Å². The van der Waals surface area contributed by atoms with Gasteiger partial charge in [0.2, 0.25) is 11.9 Å². The average Bonchev–Trinajstić information content (AvgIpc) is 3.31. The van der Waals surface area contributed by atoms with Crippen molar-refractivity contribution >= 4 is 23.2 Å². The molecule has 1 amide bonds. The molecule has 1 aliphatic rings. The lowest BCUT2D eigenvalue weighted by molar-refractivity contribution is -0.125. The number of anilines is 1. The van der Waals surface area contributed by atoms with Gasteiger partial charge in [-0.05, 0) is 32.3 Å². The minimum Gasteiger partial charge on any atom is -0.349 e. The number of piperidine rings is 1. The van der Waals surface area contributed by atoms with Gasteiger partial charge >= 0.3 is 0 Å². The van der Waals surface area contributed by atoms with E-state index in [-0.39, 0.29) is 17.5 Å². The second-order valence-electron chi connectivity index (χ2n) is 7.36. The lowest BCUT2D eigenvalue weighted by Gasteiger charge is -2.31. The van der Waals surface area contributed by atoms with E-state index in [1.165, 1.54) is 17.5 Å². The van der Waals surface area contributed by atoms with Crippen molar-refractivity contribution in [3.63, 3.8) is 0 Å². The third-order valence-corrected chi connectivity index (χ3v) is 6.05. The van der Waals surface area contributed by atoms with Gasteiger partial charge in [0.05, 0.1) is 24.6 Å². The Morgan fingerprint density at radius 2 is 2.03 bits per heavy atom. The molecule has 0 aromatic carbocycles. The largest absolute Gasteiger partial charge is 0.349 e. The Morgan fingerprint density at radius 3 is 2.67 bits per heavy atom. The fourth-order valence-electron chi connectivity index (χ4n) is 3.62. The Bertz CT molecular complexity index is 1040. The molecule has 1 saturated heterocycles. The van der Waals surface area contributed by atoms with E-state index in [2.05, 4.69) is 30.6 Å². The van der Waals surface area contributed by atoms with Crippen LogP contribution in [0.3, 0.4) is 0 Å². The molecule has 0 radical (unpaired) electrons. The molecule has 3 aromatic rings. The van der Waals surface area contributed by atoms with Crippen LogP contribution in [0.1, 0.15) is 28.4 Å². The molecule has 0 bridgehead atoms. The second-order valence-corrected chi connectivity index (χ2v) is 8.63. The molecular formula is C19H23FN8OS. The van der Waals surface area contributed by atoms with Gasteiger partial charge in [0.15, 0.2) is 5.82 Å². The lowest BCUT2D eigenvalue weighted by Crippen LogP contribution is -2.41. The number of aromatic nitrogens is 6. The topological polar surface area (TPSA) is 102 Å². The van der Waals surface area contributed by atoms with Crippen LogP contribution < -0.4 is 10.2 Å². The highest BCUT2D eigenvalue weighted by molar-refractivity contribution is 7.11. The van der Waals surface area contributed by atoms with E-state index in [1.54, 1.807) is 17.9 Å². The number of aryl methyl sites for hydroxylation is 3. The fraction of sp³-hybridized carbons (Fsp3) is 0.474. The minimum atomic E-state index is -0.480. The van der Waals surface area contributed by atoms with Gasteiger partial charge in [-0.3, -0.25) is 9.48 Å². The van der Waals surface area contributed by atoms with Crippen LogP contribution >= 0.6 is 11.3 Å². The highest BCUT2D eigenvalue weighted by Crippen LogP contribution is 2.27. The van der Waals surface area contributed by atoms with Gasteiger partial charge in [0.1, 0.15) is 15.7 Å². The Hall–Kier alpha value is -2.95. The highest BCUT2D eigenvalue weighted by atomic mass is 32.1. The van der Waals surface area contributed by atoms with Gasteiger partial charge in [-0.15, -0.1) is 10.2 Å². The van der Waals surface area contributed by atoms with Crippen molar-refractivity contribution in [3.8, 4) is 11.4 Å². The highest BCUT2D eigenvalue weighted by Gasteiger charge is 2.27. The second kappa shape index (κ2) is 8.42. The van der Waals surface area contributed by atoms with E-state index >= 15 is 0 Å². The summed E-state index contributed by atoms with van der Waals surface area (Å²) in [6.07, 6.45) is 4.25. The number of nitrogens with one attached hydrogen (secondary N) is 1. The Labute approximate surface area is 177 Å². The monoisotopic (exact) mass is 430 g/mol. The van der Waals surface area contributed by atoms with E-state index in [0.717, 1.165) is 15.6 Å². The van der Waals surface area contributed by atoms with E-state index in [0.29, 0.717) is 44.1 Å². The molecule has 1 fully saturated rings. The van der Waals surface area contributed by atoms with Crippen LogP contribution in [-0.4, -0.2) is 48.9 Å². The molecule has 0 spiro atoms. The Balaban J connectivity index is 1.39. The first-order valence-electron chi connectivity index (χ1n) is 9.75. The molecule has 9 nitrogen and oxygen atoms in total. The van der Waals surface area contributed by atoms with Crippen LogP contribution in [0.5, 0.6) is 0 Å². The van der Waals surface area contributed by atoms with Crippen molar-refractivity contribution in [2.75, 3.05) is 18.0 Å². The first-order chi connectivity index (χ1) is 14.4. The van der Waals surface area contributed by atoms with Crippen LogP contribution in [0.2, 0.25) is 0 Å². The molecule has 4 rings (SSSR count). The number of halogens is 1. The van der Waals surface area contributed by atoms with E-state index in [1.807, 2.05) is 18.7 Å². The summed E-state index contributed by atoms with van der Waals surface area (Å²) in [5.41, 5.74) is 1.73. The zero-order valence-electron chi connectivity index (χ0n) is 17.1. The van der Waals surface area contributed by atoms with Crippen LogP contribution in [-0.2, 0) is 18.4 Å². The molecule has 3 aromatic heterocycles. The minimum absolute atomic E-state index is 0.0220. The summed E-state index contributed by atoms with van der Waals surface area (Å²) in [4.78, 5) is 23.1. The molecule has 0 unspecified atom stereocenters. The molecule has 4 heterocycles. The maximum absolute atomic E-state index is 14.4. The molecule has 11 heteroatoms. The van der Waals surface area contributed by atoms with Gasteiger partial charge in [0, 0.05) is 26.1 Å². The van der Waals surface area contributed by atoms with Gasteiger partial charge in [-0.25, -0.2) is 14.4 Å². The maximum Gasteiger partial charge on any atom is 0.226 e. The molecule has 0 saturated carbocycles. The van der Waals surface area contributed by atoms with Crippen molar-refractivity contribution < 1.29 is 9.18 Å². The molecule has 1 aliphatic heterocycles. The summed E-state index contributed by atoms with van der Waals surface area (Å²) in [5.74, 6) is -0.0648. The number of hydrogen-bond acceptors (Lipinski definition) is 8. The summed E-state index contributed by atoms with van der Waals surface area (Å²) >= 11 is 1.48. The van der Waals surface area contributed by atoms with Crippen LogP contribution in [0, 0.1) is 25.6 Å². The van der Waals surface area contributed by atoms with Gasteiger partial charge in [0.25, 0.3) is 0 Å². The Morgan fingerprint density at radius 1 is 1.27 bits per heavy atom. The summed E-state index contributed by atoms with van der Waals surface area (Å²) < 4.78 is 16.0. The standard InChI is InChI=1S/C19H23FN8OS/c1-11-8-23-27(3)17(11)16-14(20)9-22-19(24-16)28-6-4-13(5-7-28)18(29)21-10-15-26-25-12(2)30-15/h8-9,13H,4-7,10H2,1-3H3,(H,21,29). The number of carbonyl (C=O) groups is 1.